The van der Waals surface area contributed by atoms with Gasteiger partial charge in [0.15, 0.2) is 0 Å². The summed E-state index contributed by atoms with van der Waals surface area (Å²) in [5, 5.41) is 0. The molecule has 0 fully saturated rings. The first-order chi connectivity index (χ1) is 6.00. The summed E-state index contributed by atoms with van der Waals surface area (Å²) in [5.41, 5.74) is 0. The van der Waals surface area contributed by atoms with Gasteiger partial charge in [0.05, 0.1) is 0 Å². The van der Waals surface area contributed by atoms with Crippen molar-refractivity contribution >= 4 is 31.2 Å². The van der Waals surface area contributed by atoms with Crippen LogP contribution in [-0.4, -0.2) is 52.6 Å². The first-order valence-electron chi connectivity index (χ1n) is 2.10. The van der Waals surface area contributed by atoms with Crippen LogP contribution in [0.5, 0.6) is 0 Å². The Morgan fingerprint density at radius 1 is 0.412 bits per heavy atom. The molecular formula is H6O12S3Sc2. The van der Waals surface area contributed by atoms with Crippen molar-refractivity contribution in [2.24, 2.45) is 0 Å². The largest absolute Gasteiger partial charge is 0.394 e. The van der Waals surface area contributed by atoms with Crippen molar-refractivity contribution in [3.8, 4) is 0 Å². The van der Waals surface area contributed by atoms with Gasteiger partial charge in [0.25, 0.3) is 0 Å². The third kappa shape index (κ3) is 2240. The minimum atomic E-state index is -4.67. The van der Waals surface area contributed by atoms with E-state index in [1.165, 1.54) is 0 Å². The first-order valence-corrected chi connectivity index (χ1v) is 6.29. The van der Waals surface area contributed by atoms with Crippen LogP contribution >= 0.6 is 0 Å². The van der Waals surface area contributed by atoms with Crippen molar-refractivity contribution in [3.05, 3.63) is 0 Å². The van der Waals surface area contributed by atoms with E-state index >= 15 is 0 Å². The number of rotatable bonds is 0. The van der Waals surface area contributed by atoms with Crippen LogP contribution < -0.4 is 0 Å². The summed E-state index contributed by atoms with van der Waals surface area (Å²) in [5.74, 6) is 0. The van der Waals surface area contributed by atoms with Crippen LogP contribution in [0, 0.1) is 0 Å². The minimum Gasteiger partial charge on any atom is -0.264 e. The molecule has 0 unspecified atom stereocenters. The molecule has 0 heterocycles. The van der Waals surface area contributed by atoms with E-state index in [0.717, 1.165) is 0 Å². The fourth-order valence-corrected chi connectivity index (χ4v) is 0. The molecule has 0 saturated carbocycles. The third-order valence-corrected chi connectivity index (χ3v) is 0. The molecule has 0 aromatic rings. The molecule has 17 heavy (non-hydrogen) atoms. The van der Waals surface area contributed by atoms with Crippen LogP contribution in [0.3, 0.4) is 0 Å². The Balaban J connectivity index is -0.0000000400. The van der Waals surface area contributed by atoms with E-state index in [0.29, 0.717) is 0 Å². The summed E-state index contributed by atoms with van der Waals surface area (Å²) in [4.78, 5) is 0. The van der Waals surface area contributed by atoms with Crippen LogP contribution in [0.2, 0.25) is 0 Å². The Morgan fingerprint density at radius 3 is 0.412 bits per heavy atom. The second-order valence-electron chi connectivity index (χ2n) is 1.34. The Hall–Kier alpha value is 1.35. The first kappa shape index (κ1) is 31.0. The quantitative estimate of drug-likeness (QED) is 0.250. The number of hydrogen-bond donors (Lipinski definition) is 6. The van der Waals surface area contributed by atoms with Crippen molar-refractivity contribution in [2.75, 3.05) is 0 Å². The topological polar surface area (TPSA) is 224 Å². The average molecular weight is 384 g/mol. The normalized spacial score (nSPS) is 10.2. The van der Waals surface area contributed by atoms with Crippen LogP contribution in [0.4, 0.5) is 0 Å². The fourth-order valence-electron chi connectivity index (χ4n) is 0. The summed E-state index contributed by atoms with van der Waals surface area (Å²) in [7, 11) is -14.0. The van der Waals surface area contributed by atoms with E-state index in [2.05, 4.69) is 0 Å². The zero-order chi connectivity index (χ0) is 13.5. The summed E-state index contributed by atoms with van der Waals surface area (Å²) in [6, 6.07) is 0. The summed E-state index contributed by atoms with van der Waals surface area (Å²) in [6.45, 7) is 0. The third-order valence-electron chi connectivity index (χ3n) is 0. The van der Waals surface area contributed by atoms with Gasteiger partial charge in [-0.2, -0.15) is 25.3 Å². The van der Waals surface area contributed by atoms with Crippen molar-refractivity contribution in [3.63, 3.8) is 0 Å². The smallest absolute Gasteiger partial charge is 0.264 e. The summed E-state index contributed by atoms with van der Waals surface area (Å²) in [6.07, 6.45) is 0. The van der Waals surface area contributed by atoms with Gasteiger partial charge in [-0.05, 0) is 0 Å². The Labute approximate surface area is 134 Å². The van der Waals surface area contributed by atoms with Crippen LogP contribution in [0.25, 0.3) is 0 Å². The molecule has 0 saturated heterocycles. The van der Waals surface area contributed by atoms with Gasteiger partial charge in [-0.1, -0.05) is 0 Å². The predicted octanol–water partition coefficient (Wildman–Crippen LogP) is -1.96. The zero-order valence-corrected chi connectivity index (χ0v) is 13.6. The molecule has 102 valence electrons. The van der Waals surface area contributed by atoms with Gasteiger partial charge in [0.2, 0.25) is 0 Å². The standard InChI is InChI=1S/3H2O4S.2Sc/c3*1-5(2,3)4;;/h3*(H2,1,2,3,4);;. The van der Waals surface area contributed by atoms with Crippen LogP contribution in [-0.2, 0) is 82.9 Å². The van der Waals surface area contributed by atoms with Crippen LogP contribution in [0.15, 0.2) is 0 Å². The molecule has 0 atom stereocenters. The molecule has 0 aromatic heterocycles. The molecule has 0 bridgehead atoms. The van der Waals surface area contributed by atoms with Gasteiger partial charge >= 0.3 is 31.2 Å². The Morgan fingerprint density at radius 2 is 0.412 bits per heavy atom. The van der Waals surface area contributed by atoms with Crippen molar-refractivity contribution in [1.82, 2.24) is 0 Å². The van der Waals surface area contributed by atoms with Gasteiger partial charge in [-0.25, -0.2) is 0 Å². The molecule has 0 rings (SSSR count). The fraction of sp³-hybridized carbons (Fsp3) is 0. The molecule has 0 aliphatic carbocycles. The van der Waals surface area contributed by atoms with Crippen molar-refractivity contribution < 1.29 is 104 Å². The van der Waals surface area contributed by atoms with Crippen molar-refractivity contribution in [1.29, 1.82) is 0 Å². The molecule has 0 aromatic carbocycles. The molecule has 0 spiro atoms. The molecular weight excluding hydrogens is 378 g/mol. The molecule has 0 aliphatic heterocycles. The molecule has 6 N–H and O–H groups in total. The predicted molar refractivity (Wildman–Crippen MR) is 42.5 cm³/mol. The second kappa shape index (κ2) is 12.4. The molecule has 0 amide bonds. The van der Waals surface area contributed by atoms with E-state index in [-0.39, 0.29) is 51.7 Å². The Kier molecular flexibility index (Phi) is 22.6. The minimum absolute atomic E-state index is 0. The van der Waals surface area contributed by atoms with E-state index < -0.39 is 31.2 Å². The maximum atomic E-state index is 8.74. The monoisotopic (exact) mass is 384 g/mol. The van der Waals surface area contributed by atoms with E-state index in [1.807, 2.05) is 0 Å². The maximum absolute atomic E-state index is 8.74. The number of hydrogen-bond acceptors (Lipinski definition) is 6. The summed E-state index contributed by atoms with van der Waals surface area (Å²) >= 11 is 0. The van der Waals surface area contributed by atoms with E-state index in [9.17, 15) is 0 Å². The maximum Gasteiger partial charge on any atom is 0.394 e. The van der Waals surface area contributed by atoms with Gasteiger partial charge in [-0.3, -0.25) is 27.3 Å². The van der Waals surface area contributed by atoms with Gasteiger partial charge in [0.1, 0.15) is 0 Å². The van der Waals surface area contributed by atoms with Gasteiger partial charge in [-0.15, -0.1) is 0 Å². The van der Waals surface area contributed by atoms with Gasteiger partial charge < -0.3 is 0 Å². The SMILES string of the molecule is O=S(=O)(O)O.O=S(=O)(O)O.O=S(=O)(O)O.[Sc].[Sc]. The molecule has 0 aliphatic rings. The second-order valence-corrected chi connectivity index (χ2v) is 4.03. The average Bonchev–Trinajstić information content (AvgIpc) is 1.41. The van der Waals surface area contributed by atoms with E-state index in [1.54, 1.807) is 0 Å². The summed E-state index contributed by atoms with van der Waals surface area (Å²) < 4.78 is 94.8. The Bertz CT molecular complexity index is 341. The van der Waals surface area contributed by atoms with Crippen molar-refractivity contribution in [2.45, 2.75) is 0 Å². The molecule has 12 nitrogen and oxygen atoms in total. The van der Waals surface area contributed by atoms with Crippen LogP contribution in [0.1, 0.15) is 0 Å². The zero-order valence-electron chi connectivity index (χ0n) is 7.51. The van der Waals surface area contributed by atoms with Gasteiger partial charge in [0, 0.05) is 51.7 Å². The molecule has 17 heteroatoms. The molecule has 2 radical (unpaired) electrons. The van der Waals surface area contributed by atoms with E-state index in [4.69, 9.17) is 52.6 Å².